The third kappa shape index (κ3) is 8.92. The molecule has 11 heteroatoms. The molecule has 0 radical (unpaired) electrons. The summed E-state index contributed by atoms with van der Waals surface area (Å²) in [6.07, 6.45) is 7.83. The number of nitrogens with one attached hydrogen (secondary N) is 2. The van der Waals surface area contributed by atoms with Crippen LogP contribution in [0, 0.1) is 0 Å². The van der Waals surface area contributed by atoms with E-state index in [1.54, 1.807) is 36.0 Å². The molecule has 2 aliphatic rings. The Morgan fingerprint density at radius 2 is 1.78 bits per heavy atom. The van der Waals surface area contributed by atoms with Gasteiger partial charge in [0.15, 0.2) is 0 Å². The number of carboxylic acid groups (broad SMARTS) is 1. The van der Waals surface area contributed by atoms with Crippen LogP contribution in [0.4, 0.5) is 19.1 Å². The molecule has 1 aromatic carbocycles. The molecule has 1 fully saturated rings. The van der Waals surface area contributed by atoms with Crippen molar-refractivity contribution in [3.05, 3.63) is 58.0 Å². The van der Waals surface area contributed by atoms with Crippen molar-refractivity contribution in [3.63, 3.8) is 0 Å². The maximum Gasteiger partial charge on any atom is 0.379 e. The van der Waals surface area contributed by atoms with Gasteiger partial charge in [-0.1, -0.05) is 39.8 Å². The largest absolute Gasteiger partial charge is 0.478 e. The summed E-state index contributed by atoms with van der Waals surface area (Å²) in [7, 11) is 1.77. The number of carboxylic acids is 1. The van der Waals surface area contributed by atoms with E-state index in [-0.39, 0.29) is 11.1 Å². The Morgan fingerprint density at radius 3 is 2.38 bits per heavy atom. The van der Waals surface area contributed by atoms with E-state index in [1.165, 1.54) is 6.42 Å². The van der Waals surface area contributed by atoms with Gasteiger partial charge < -0.3 is 15.3 Å². The number of allylic oxidation sites excluding steroid dienone is 2. The minimum absolute atomic E-state index is 0.0673. The second-order valence-corrected chi connectivity index (χ2v) is 7.65. The Kier molecular flexibility index (Phi) is 14.1. The average Bonchev–Trinajstić information content (AvgIpc) is 2.92. The van der Waals surface area contributed by atoms with Crippen LogP contribution in [0.15, 0.2) is 46.9 Å². The monoisotopic (exact) mass is 525 g/mol. The van der Waals surface area contributed by atoms with Crippen LogP contribution in [0.5, 0.6) is 0 Å². The highest BCUT2D eigenvalue weighted by Gasteiger charge is 2.22. The highest BCUT2D eigenvalue weighted by atomic mass is 19.4. The van der Waals surface area contributed by atoms with E-state index in [9.17, 15) is 27.9 Å². The first-order chi connectivity index (χ1) is 17.8. The number of anilines is 1. The van der Waals surface area contributed by atoms with Crippen LogP contribution in [-0.4, -0.2) is 46.6 Å². The summed E-state index contributed by atoms with van der Waals surface area (Å²) >= 11 is 0. The van der Waals surface area contributed by atoms with Gasteiger partial charge in [0, 0.05) is 26.7 Å². The maximum absolute atomic E-state index is 13.0. The number of aliphatic carboxylic acids is 1. The predicted octanol–water partition coefficient (Wildman–Crippen LogP) is 4.70. The number of piperidine rings is 1. The molecule has 2 aromatic rings. The molecular formula is C26H38F3N5O3. The molecule has 0 aliphatic carbocycles. The van der Waals surface area contributed by atoms with Crippen molar-refractivity contribution in [2.75, 3.05) is 18.0 Å². The number of rotatable bonds is 5. The van der Waals surface area contributed by atoms with Gasteiger partial charge in [0.25, 0.3) is 5.56 Å². The summed E-state index contributed by atoms with van der Waals surface area (Å²) in [6, 6.07) is 5.55. The van der Waals surface area contributed by atoms with Gasteiger partial charge in [-0.15, -0.1) is 0 Å². The molecule has 0 amide bonds. The van der Waals surface area contributed by atoms with E-state index in [0.717, 1.165) is 31.5 Å². The minimum Gasteiger partial charge on any atom is -0.478 e. The lowest BCUT2D eigenvalue weighted by atomic mass is 10.1. The number of nitrogens with zero attached hydrogens (tertiary/aromatic N) is 3. The molecule has 8 nitrogen and oxygen atoms in total. The Balaban J connectivity index is 0.000000767. The zero-order valence-corrected chi connectivity index (χ0v) is 22.1. The van der Waals surface area contributed by atoms with Gasteiger partial charge in [-0.25, -0.2) is 9.78 Å². The molecule has 37 heavy (non-hydrogen) atoms. The first-order valence-electron chi connectivity index (χ1n) is 12.5. The van der Waals surface area contributed by atoms with Crippen molar-refractivity contribution in [3.8, 4) is 0 Å². The number of hydrogen-bond acceptors (Lipinski definition) is 6. The quantitative estimate of drug-likeness (QED) is 0.521. The topological polar surface area (TPSA) is 99.5 Å². The Labute approximate surface area is 215 Å². The molecule has 1 unspecified atom stereocenters. The lowest BCUT2D eigenvalue weighted by molar-refractivity contribution is -0.133. The third-order valence-electron chi connectivity index (χ3n) is 5.49. The van der Waals surface area contributed by atoms with Crippen molar-refractivity contribution in [2.24, 2.45) is 7.05 Å². The number of carbonyl (C=O) groups is 1. The van der Waals surface area contributed by atoms with Crippen LogP contribution in [0.2, 0.25) is 0 Å². The standard InChI is InChI=1S/C21H25N5O3.2C2H6.CHF3/c1-25-19(27)15-8-5-7-14(13-23-18-16(20(28)29)9-6-10-22-18)17(15)24-21(25)26-11-3-2-4-12-26;2*1-2;2-1(3)4/h5-10,18,22-23H,2-4,11-13H2,1H3,(H,28,29);2*1-2H3;1H. The minimum atomic E-state index is -3.67. The van der Waals surface area contributed by atoms with Gasteiger partial charge in [-0.2, -0.15) is 13.2 Å². The summed E-state index contributed by atoms with van der Waals surface area (Å²) in [5.74, 6) is -0.281. The van der Waals surface area contributed by atoms with Crippen LogP contribution >= 0.6 is 0 Å². The number of dihydropyridines is 1. The fourth-order valence-corrected chi connectivity index (χ4v) is 3.93. The van der Waals surface area contributed by atoms with Crippen molar-refractivity contribution in [1.82, 2.24) is 20.2 Å². The predicted molar refractivity (Wildman–Crippen MR) is 141 cm³/mol. The number of halogens is 3. The summed E-state index contributed by atoms with van der Waals surface area (Å²) in [4.78, 5) is 31.4. The summed E-state index contributed by atoms with van der Waals surface area (Å²) in [5.41, 5.74) is 1.70. The van der Waals surface area contributed by atoms with Crippen molar-refractivity contribution >= 4 is 22.8 Å². The third-order valence-corrected chi connectivity index (χ3v) is 5.49. The molecule has 0 bridgehead atoms. The SMILES string of the molecule is CC.CC.Cn1c(N2CCCCC2)nc2c(CNC3NC=CC=C3C(=O)O)cccc2c1=O.FC(F)F. The summed E-state index contributed by atoms with van der Waals surface area (Å²) in [5, 5.41) is 16.2. The molecule has 0 saturated carbocycles. The smallest absolute Gasteiger partial charge is 0.379 e. The molecular weight excluding hydrogens is 487 g/mol. The number of fused-ring (bicyclic) bond motifs is 1. The highest BCUT2D eigenvalue weighted by Crippen LogP contribution is 2.21. The first kappa shape index (κ1) is 31.7. The van der Waals surface area contributed by atoms with Gasteiger partial charge >= 0.3 is 12.6 Å². The number of para-hydroxylation sites is 1. The van der Waals surface area contributed by atoms with Crippen LogP contribution in [0.1, 0.15) is 52.5 Å². The van der Waals surface area contributed by atoms with Gasteiger partial charge in [-0.05, 0) is 49.2 Å². The van der Waals surface area contributed by atoms with E-state index >= 15 is 0 Å². The fraction of sp³-hybridized carbons (Fsp3) is 0.500. The zero-order valence-electron chi connectivity index (χ0n) is 22.1. The maximum atomic E-state index is 13.0. The molecule has 1 saturated heterocycles. The van der Waals surface area contributed by atoms with Gasteiger partial charge in [-0.3, -0.25) is 14.7 Å². The van der Waals surface area contributed by atoms with Gasteiger partial charge in [0.05, 0.1) is 16.5 Å². The van der Waals surface area contributed by atoms with E-state index in [4.69, 9.17) is 4.98 Å². The van der Waals surface area contributed by atoms with Crippen molar-refractivity contribution in [1.29, 1.82) is 0 Å². The Morgan fingerprint density at radius 1 is 1.16 bits per heavy atom. The van der Waals surface area contributed by atoms with E-state index in [1.807, 2.05) is 39.8 Å². The van der Waals surface area contributed by atoms with E-state index in [0.29, 0.717) is 23.4 Å². The molecule has 3 heterocycles. The molecule has 3 N–H and O–H groups in total. The number of alkyl halides is 3. The highest BCUT2D eigenvalue weighted by molar-refractivity contribution is 5.88. The van der Waals surface area contributed by atoms with E-state index < -0.39 is 18.8 Å². The fourth-order valence-electron chi connectivity index (χ4n) is 3.93. The van der Waals surface area contributed by atoms with Crippen LogP contribution < -0.4 is 21.1 Å². The second kappa shape index (κ2) is 16.4. The lowest BCUT2D eigenvalue weighted by Gasteiger charge is -2.29. The average molecular weight is 526 g/mol. The Hall–Kier alpha value is -3.34. The number of hydrogen-bond donors (Lipinski definition) is 3. The van der Waals surface area contributed by atoms with E-state index in [2.05, 4.69) is 15.5 Å². The lowest BCUT2D eigenvalue weighted by Crippen LogP contribution is -2.44. The van der Waals surface area contributed by atoms with Crippen LogP contribution in [-0.2, 0) is 18.4 Å². The zero-order chi connectivity index (χ0) is 28.0. The van der Waals surface area contributed by atoms with Crippen molar-refractivity contribution in [2.45, 2.75) is 66.3 Å². The number of aromatic nitrogens is 2. The van der Waals surface area contributed by atoms with Crippen LogP contribution in [0.3, 0.4) is 0 Å². The second-order valence-electron chi connectivity index (χ2n) is 7.65. The number of benzene rings is 1. The van der Waals surface area contributed by atoms with Gasteiger partial charge in [0.2, 0.25) is 5.95 Å². The molecule has 4 rings (SSSR count). The summed E-state index contributed by atoms with van der Waals surface area (Å²) in [6.45, 7) is 6.52. The van der Waals surface area contributed by atoms with Crippen molar-refractivity contribution < 1.29 is 23.1 Å². The van der Waals surface area contributed by atoms with Gasteiger partial charge in [0.1, 0.15) is 6.17 Å². The molecule has 2 aliphatic heterocycles. The molecule has 1 atom stereocenters. The van der Waals surface area contributed by atoms with Crippen LogP contribution in [0.25, 0.3) is 10.9 Å². The first-order valence-corrected chi connectivity index (χ1v) is 12.5. The normalized spacial score (nSPS) is 16.3. The summed E-state index contributed by atoms with van der Waals surface area (Å²) < 4.78 is 30.6. The Bertz CT molecular complexity index is 1110. The molecule has 0 spiro atoms. The molecule has 1 aromatic heterocycles. The molecule has 206 valence electrons.